The molecule has 2 amide bonds. The molecule has 0 saturated carbocycles. The van der Waals surface area contributed by atoms with Crippen molar-refractivity contribution in [1.29, 1.82) is 0 Å². The van der Waals surface area contributed by atoms with E-state index in [9.17, 15) is 24.5 Å². The number of nitro benzene ring substituents is 1. The van der Waals surface area contributed by atoms with E-state index < -0.39 is 22.7 Å². The highest BCUT2D eigenvalue weighted by atomic mass is 16.6. The van der Waals surface area contributed by atoms with Crippen molar-refractivity contribution in [2.24, 2.45) is 0 Å². The number of esters is 1. The second-order valence-corrected chi connectivity index (χ2v) is 5.71. The van der Waals surface area contributed by atoms with Crippen molar-refractivity contribution in [2.75, 3.05) is 13.2 Å². The highest BCUT2D eigenvalue weighted by Crippen LogP contribution is 2.14. The highest BCUT2D eigenvalue weighted by Gasteiger charge is 2.16. The molecule has 0 bridgehead atoms. The van der Waals surface area contributed by atoms with E-state index in [0.29, 0.717) is 11.1 Å². The van der Waals surface area contributed by atoms with Crippen molar-refractivity contribution in [3.63, 3.8) is 0 Å². The number of nitro groups is 1. The average Bonchev–Trinajstić information content (AvgIpc) is 2.72. The first kappa shape index (κ1) is 21.3. The van der Waals surface area contributed by atoms with E-state index in [1.807, 2.05) is 0 Å². The van der Waals surface area contributed by atoms with E-state index in [4.69, 9.17) is 4.74 Å². The van der Waals surface area contributed by atoms with Gasteiger partial charge in [0.25, 0.3) is 17.5 Å². The van der Waals surface area contributed by atoms with Crippen molar-refractivity contribution >= 4 is 29.5 Å². The summed E-state index contributed by atoms with van der Waals surface area (Å²) in [6.45, 7) is 1.44. The van der Waals surface area contributed by atoms with Crippen LogP contribution in [0.1, 0.15) is 22.8 Å². The maximum atomic E-state index is 12.5. The minimum absolute atomic E-state index is 0.108. The van der Waals surface area contributed by atoms with Gasteiger partial charge in [-0.15, -0.1) is 0 Å². The van der Waals surface area contributed by atoms with E-state index in [1.54, 1.807) is 37.3 Å². The molecule has 0 fully saturated rings. The van der Waals surface area contributed by atoms with E-state index in [2.05, 4.69) is 10.6 Å². The van der Waals surface area contributed by atoms with Gasteiger partial charge in [0, 0.05) is 17.7 Å². The molecule has 9 heteroatoms. The van der Waals surface area contributed by atoms with Crippen molar-refractivity contribution < 1.29 is 24.0 Å². The fourth-order valence-electron chi connectivity index (χ4n) is 2.26. The lowest BCUT2D eigenvalue weighted by Gasteiger charge is -2.11. The SMILES string of the molecule is CCOC(=O)CNC(=O)C(=Cc1ccc([N+](=O)[O-])cc1)NC(=O)c1ccccc1. The summed E-state index contributed by atoms with van der Waals surface area (Å²) in [6, 6.07) is 13.7. The van der Waals surface area contributed by atoms with Crippen LogP contribution in [-0.2, 0) is 14.3 Å². The van der Waals surface area contributed by atoms with Crippen molar-refractivity contribution in [3.05, 3.63) is 81.5 Å². The molecule has 0 aliphatic heterocycles. The van der Waals surface area contributed by atoms with Gasteiger partial charge < -0.3 is 15.4 Å². The highest BCUT2D eigenvalue weighted by molar-refractivity contribution is 6.05. The van der Waals surface area contributed by atoms with Gasteiger partial charge in [0.2, 0.25) is 0 Å². The molecule has 0 unspecified atom stereocenters. The Balaban J connectivity index is 2.23. The Morgan fingerprint density at radius 2 is 1.72 bits per heavy atom. The molecule has 0 spiro atoms. The first-order valence-electron chi connectivity index (χ1n) is 8.67. The number of carbonyl (C=O) groups excluding carboxylic acids is 3. The largest absolute Gasteiger partial charge is 0.465 e. The number of hydrogen-bond donors (Lipinski definition) is 2. The number of nitrogens with one attached hydrogen (secondary N) is 2. The molecule has 2 aromatic carbocycles. The Labute approximate surface area is 166 Å². The van der Waals surface area contributed by atoms with Crippen LogP contribution in [0.2, 0.25) is 0 Å². The maximum Gasteiger partial charge on any atom is 0.325 e. The van der Waals surface area contributed by atoms with Gasteiger partial charge in [-0.25, -0.2) is 0 Å². The molecule has 2 aromatic rings. The summed E-state index contributed by atoms with van der Waals surface area (Å²) in [5, 5.41) is 15.6. The Hall–Kier alpha value is -4.01. The third-order valence-corrected chi connectivity index (χ3v) is 3.64. The zero-order chi connectivity index (χ0) is 21.2. The number of ether oxygens (including phenoxy) is 1. The number of hydrogen-bond acceptors (Lipinski definition) is 6. The Bertz CT molecular complexity index is 923. The van der Waals surface area contributed by atoms with Gasteiger partial charge in [-0.3, -0.25) is 24.5 Å². The third kappa shape index (κ3) is 6.58. The molecule has 0 heterocycles. The molecule has 2 rings (SSSR count). The monoisotopic (exact) mass is 397 g/mol. The molecule has 29 heavy (non-hydrogen) atoms. The predicted molar refractivity (Wildman–Crippen MR) is 105 cm³/mol. The van der Waals surface area contributed by atoms with Crippen LogP contribution in [0.3, 0.4) is 0 Å². The number of rotatable bonds is 8. The van der Waals surface area contributed by atoms with Crippen LogP contribution in [0, 0.1) is 10.1 Å². The molecule has 0 aromatic heterocycles. The van der Waals surface area contributed by atoms with Gasteiger partial charge in [-0.1, -0.05) is 18.2 Å². The van der Waals surface area contributed by atoms with Crippen LogP contribution >= 0.6 is 0 Å². The Kier molecular flexibility index (Phi) is 7.60. The molecule has 0 atom stereocenters. The summed E-state index contributed by atoms with van der Waals surface area (Å²) < 4.78 is 4.75. The molecular formula is C20H19N3O6. The Morgan fingerprint density at radius 1 is 1.07 bits per heavy atom. The quantitative estimate of drug-likeness (QED) is 0.304. The molecule has 0 aliphatic rings. The number of carbonyl (C=O) groups is 3. The van der Waals surface area contributed by atoms with Crippen LogP contribution in [0.5, 0.6) is 0 Å². The number of amides is 2. The number of nitrogens with zero attached hydrogens (tertiary/aromatic N) is 1. The molecule has 0 aliphatic carbocycles. The topological polar surface area (TPSA) is 128 Å². The zero-order valence-corrected chi connectivity index (χ0v) is 15.6. The second-order valence-electron chi connectivity index (χ2n) is 5.71. The standard InChI is InChI=1S/C20H19N3O6/c1-2-29-18(24)13-21-20(26)17(22-19(25)15-6-4-3-5-7-15)12-14-8-10-16(11-9-14)23(27)28/h3-12H,2,13H2,1H3,(H,21,26)(H,22,25). The summed E-state index contributed by atoms with van der Waals surface area (Å²) in [7, 11) is 0. The zero-order valence-electron chi connectivity index (χ0n) is 15.6. The van der Waals surface area contributed by atoms with Crippen LogP contribution in [0.15, 0.2) is 60.3 Å². The van der Waals surface area contributed by atoms with Crippen LogP contribution in [-0.4, -0.2) is 35.9 Å². The summed E-state index contributed by atoms with van der Waals surface area (Å²) in [5.41, 5.74) is 0.548. The van der Waals surface area contributed by atoms with E-state index in [1.165, 1.54) is 30.3 Å². The fraction of sp³-hybridized carbons (Fsp3) is 0.150. The minimum atomic E-state index is -0.708. The molecule has 150 valence electrons. The van der Waals surface area contributed by atoms with Gasteiger partial charge in [-0.2, -0.15) is 0 Å². The van der Waals surface area contributed by atoms with Crippen molar-refractivity contribution in [1.82, 2.24) is 10.6 Å². The molecular weight excluding hydrogens is 378 g/mol. The first-order valence-corrected chi connectivity index (χ1v) is 8.67. The lowest BCUT2D eigenvalue weighted by Crippen LogP contribution is -2.37. The van der Waals surface area contributed by atoms with E-state index in [-0.39, 0.29) is 24.5 Å². The van der Waals surface area contributed by atoms with Gasteiger partial charge in [0.15, 0.2) is 0 Å². The number of benzene rings is 2. The van der Waals surface area contributed by atoms with Gasteiger partial charge >= 0.3 is 5.97 Å². The summed E-state index contributed by atoms with van der Waals surface area (Å²) in [6.07, 6.45) is 1.35. The molecule has 9 nitrogen and oxygen atoms in total. The van der Waals surface area contributed by atoms with Crippen LogP contribution in [0.25, 0.3) is 6.08 Å². The van der Waals surface area contributed by atoms with Gasteiger partial charge in [0.1, 0.15) is 12.2 Å². The maximum absolute atomic E-state index is 12.5. The van der Waals surface area contributed by atoms with Crippen molar-refractivity contribution in [3.8, 4) is 0 Å². The number of non-ortho nitro benzene ring substituents is 1. The van der Waals surface area contributed by atoms with E-state index >= 15 is 0 Å². The average molecular weight is 397 g/mol. The van der Waals surface area contributed by atoms with E-state index in [0.717, 1.165) is 0 Å². The van der Waals surface area contributed by atoms with Gasteiger partial charge in [0.05, 0.1) is 11.5 Å². The van der Waals surface area contributed by atoms with Crippen molar-refractivity contribution in [2.45, 2.75) is 6.92 Å². The first-order chi connectivity index (χ1) is 13.9. The summed E-state index contributed by atoms with van der Waals surface area (Å²) in [4.78, 5) is 46.6. The third-order valence-electron chi connectivity index (χ3n) is 3.64. The fourth-order valence-corrected chi connectivity index (χ4v) is 2.26. The summed E-state index contributed by atoms with van der Waals surface area (Å²) in [5.74, 6) is -1.85. The normalized spacial score (nSPS) is 10.7. The smallest absolute Gasteiger partial charge is 0.325 e. The molecule has 0 radical (unpaired) electrons. The predicted octanol–water partition coefficient (Wildman–Crippen LogP) is 2.04. The van der Waals surface area contributed by atoms with Crippen LogP contribution in [0.4, 0.5) is 5.69 Å². The van der Waals surface area contributed by atoms with Gasteiger partial charge in [-0.05, 0) is 42.8 Å². The Morgan fingerprint density at radius 3 is 2.31 bits per heavy atom. The lowest BCUT2D eigenvalue weighted by atomic mass is 10.1. The summed E-state index contributed by atoms with van der Waals surface area (Å²) >= 11 is 0. The molecule has 0 saturated heterocycles. The van der Waals surface area contributed by atoms with Crippen LogP contribution < -0.4 is 10.6 Å². The lowest BCUT2D eigenvalue weighted by molar-refractivity contribution is -0.384. The second kappa shape index (κ2) is 10.4. The molecule has 2 N–H and O–H groups in total. The minimum Gasteiger partial charge on any atom is -0.465 e.